The van der Waals surface area contributed by atoms with E-state index in [1.807, 2.05) is 12.1 Å². The molecule has 80 valence electrons. The smallest absolute Gasteiger partial charge is 0.105 e. The molecule has 1 heterocycles. The number of nitrogens with one attached hydrogen (secondary N) is 1. The lowest BCUT2D eigenvalue weighted by Crippen LogP contribution is -2.18. The van der Waals surface area contributed by atoms with Crippen LogP contribution in [0.3, 0.4) is 0 Å². The predicted molar refractivity (Wildman–Crippen MR) is 58.2 cm³/mol. The van der Waals surface area contributed by atoms with Gasteiger partial charge in [0, 0.05) is 13.0 Å². The van der Waals surface area contributed by atoms with Crippen molar-refractivity contribution in [2.75, 3.05) is 19.6 Å². The molecule has 1 rings (SSSR count). The van der Waals surface area contributed by atoms with E-state index in [1.165, 1.54) is 12.8 Å². The zero-order chi connectivity index (χ0) is 10.1. The van der Waals surface area contributed by atoms with Crippen molar-refractivity contribution in [1.82, 2.24) is 5.32 Å². The Balaban J connectivity index is 1.85. The van der Waals surface area contributed by atoms with Crippen LogP contribution in [0.15, 0.2) is 22.8 Å². The van der Waals surface area contributed by atoms with Gasteiger partial charge < -0.3 is 15.5 Å². The molecule has 0 fully saturated rings. The zero-order valence-corrected chi connectivity index (χ0v) is 8.67. The van der Waals surface area contributed by atoms with Crippen LogP contribution in [0.4, 0.5) is 0 Å². The Morgan fingerprint density at radius 2 is 2.14 bits per heavy atom. The number of nitrogens with two attached hydrogens (primary N) is 1. The average Bonchev–Trinajstić information content (AvgIpc) is 2.69. The first kappa shape index (κ1) is 11.3. The molecule has 3 N–H and O–H groups in total. The SMILES string of the molecule is NCCCCCNCCc1ccco1. The van der Waals surface area contributed by atoms with Crippen molar-refractivity contribution in [3.8, 4) is 0 Å². The molecule has 0 spiro atoms. The predicted octanol–water partition coefficient (Wildman–Crippen LogP) is 1.54. The molecule has 0 aliphatic heterocycles. The van der Waals surface area contributed by atoms with Gasteiger partial charge in [0.05, 0.1) is 6.26 Å². The first-order valence-electron chi connectivity index (χ1n) is 5.36. The van der Waals surface area contributed by atoms with Crippen LogP contribution in [0.25, 0.3) is 0 Å². The lowest BCUT2D eigenvalue weighted by Gasteiger charge is -2.02. The van der Waals surface area contributed by atoms with Crippen LogP contribution >= 0.6 is 0 Å². The fraction of sp³-hybridized carbons (Fsp3) is 0.636. The van der Waals surface area contributed by atoms with Gasteiger partial charge in [0.15, 0.2) is 0 Å². The molecule has 0 aliphatic carbocycles. The van der Waals surface area contributed by atoms with E-state index in [1.54, 1.807) is 6.26 Å². The van der Waals surface area contributed by atoms with Crippen LogP contribution in [-0.2, 0) is 6.42 Å². The van der Waals surface area contributed by atoms with Crippen molar-refractivity contribution in [3.63, 3.8) is 0 Å². The third-order valence-corrected chi connectivity index (χ3v) is 2.19. The van der Waals surface area contributed by atoms with Crippen molar-refractivity contribution < 1.29 is 4.42 Å². The second-order valence-corrected chi connectivity index (χ2v) is 3.43. The van der Waals surface area contributed by atoms with Crippen molar-refractivity contribution in [1.29, 1.82) is 0 Å². The molecular formula is C11H20N2O. The van der Waals surface area contributed by atoms with Crippen LogP contribution in [-0.4, -0.2) is 19.6 Å². The second kappa shape index (κ2) is 7.59. The summed E-state index contributed by atoms with van der Waals surface area (Å²) in [7, 11) is 0. The van der Waals surface area contributed by atoms with Gasteiger partial charge in [0.25, 0.3) is 0 Å². The molecule has 14 heavy (non-hydrogen) atoms. The minimum Gasteiger partial charge on any atom is -0.469 e. The van der Waals surface area contributed by atoms with Gasteiger partial charge in [-0.1, -0.05) is 6.42 Å². The van der Waals surface area contributed by atoms with Crippen LogP contribution in [0, 0.1) is 0 Å². The Morgan fingerprint density at radius 1 is 1.21 bits per heavy atom. The summed E-state index contributed by atoms with van der Waals surface area (Å²) in [5, 5.41) is 3.38. The molecule has 0 saturated heterocycles. The van der Waals surface area contributed by atoms with E-state index in [-0.39, 0.29) is 0 Å². The lowest BCUT2D eigenvalue weighted by atomic mass is 10.2. The monoisotopic (exact) mass is 196 g/mol. The Bertz CT molecular complexity index is 209. The maximum Gasteiger partial charge on any atom is 0.105 e. The van der Waals surface area contributed by atoms with E-state index in [2.05, 4.69) is 5.32 Å². The molecule has 0 radical (unpaired) electrons. The Hall–Kier alpha value is -0.800. The summed E-state index contributed by atoms with van der Waals surface area (Å²) in [6.45, 7) is 2.89. The number of hydrogen-bond acceptors (Lipinski definition) is 3. The van der Waals surface area contributed by atoms with E-state index in [4.69, 9.17) is 10.2 Å². The van der Waals surface area contributed by atoms with Gasteiger partial charge in [-0.2, -0.15) is 0 Å². The number of rotatable bonds is 8. The summed E-state index contributed by atoms with van der Waals surface area (Å²) in [5.74, 6) is 1.06. The fourth-order valence-electron chi connectivity index (χ4n) is 1.36. The summed E-state index contributed by atoms with van der Waals surface area (Å²) >= 11 is 0. The van der Waals surface area contributed by atoms with E-state index in [0.29, 0.717) is 0 Å². The normalized spacial score (nSPS) is 10.6. The minimum atomic E-state index is 0.812. The molecule has 0 unspecified atom stereocenters. The van der Waals surface area contributed by atoms with Gasteiger partial charge in [-0.05, 0) is 38.1 Å². The lowest BCUT2D eigenvalue weighted by molar-refractivity contribution is 0.496. The van der Waals surface area contributed by atoms with Crippen LogP contribution in [0.2, 0.25) is 0 Å². The third-order valence-electron chi connectivity index (χ3n) is 2.19. The van der Waals surface area contributed by atoms with Crippen molar-refractivity contribution in [2.24, 2.45) is 5.73 Å². The summed E-state index contributed by atoms with van der Waals surface area (Å²) < 4.78 is 5.22. The first-order valence-corrected chi connectivity index (χ1v) is 5.36. The largest absolute Gasteiger partial charge is 0.469 e. The standard InChI is InChI=1S/C11H20N2O/c12-7-2-1-3-8-13-9-6-11-5-4-10-14-11/h4-5,10,13H,1-3,6-9,12H2. The van der Waals surface area contributed by atoms with E-state index >= 15 is 0 Å². The molecule has 0 atom stereocenters. The minimum absolute atomic E-state index is 0.812. The molecule has 1 aromatic heterocycles. The van der Waals surface area contributed by atoms with Crippen LogP contribution in [0.1, 0.15) is 25.0 Å². The number of hydrogen-bond donors (Lipinski definition) is 2. The topological polar surface area (TPSA) is 51.2 Å². The quantitative estimate of drug-likeness (QED) is 0.620. The summed E-state index contributed by atoms with van der Waals surface area (Å²) in [5.41, 5.74) is 5.40. The highest BCUT2D eigenvalue weighted by Crippen LogP contribution is 1.99. The average molecular weight is 196 g/mol. The molecule has 0 saturated carbocycles. The number of furan rings is 1. The summed E-state index contributed by atoms with van der Waals surface area (Å²) in [6.07, 6.45) is 6.28. The van der Waals surface area contributed by atoms with Crippen LogP contribution < -0.4 is 11.1 Å². The van der Waals surface area contributed by atoms with E-state index in [9.17, 15) is 0 Å². The van der Waals surface area contributed by atoms with Crippen LogP contribution in [0.5, 0.6) is 0 Å². The molecule has 3 nitrogen and oxygen atoms in total. The van der Waals surface area contributed by atoms with Gasteiger partial charge in [-0.25, -0.2) is 0 Å². The highest BCUT2D eigenvalue weighted by Gasteiger charge is 1.94. The van der Waals surface area contributed by atoms with Crippen molar-refractivity contribution in [3.05, 3.63) is 24.2 Å². The zero-order valence-electron chi connectivity index (χ0n) is 8.67. The molecule has 0 aromatic carbocycles. The summed E-state index contributed by atoms with van der Waals surface area (Å²) in [6, 6.07) is 3.94. The van der Waals surface area contributed by atoms with Gasteiger partial charge in [0.2, 0.25) is 0 Å². The van der Waals surface area contributed by atoms with Gasteiger partial charge in [0.1, 0.15) is 5.76 Å². The van der Waals surface area contributed by atoms with Crippen molar-refractivity contribution in [2.45, 2.75) is 25.7 Å². The molecule has 0 aliphatic rings. The summed E-state index contributed by atoms with van der Waals surface area (Å²) in [4.78, 5) is 0. The molecule has 0 bridgehead atoms. The number of unbranched alkanes of at least 4 members (excludes halogenated alkanes) is 2. The highest BCUT2D eigenvalue weighted by atomic mass is 16.3. The van der Waals surface area contributed by atoms with Crippen molar-refractivity contribution >= 4 is 0 Å². The maximum absolute atomic E-state index is 5.40. The van der Waals surface area contributed by atoms with Gasteiger partial charge >= 0.3 is 0 Å². The molecule has 3 heteroatoms. The van der Waals surface area contributed by atoms with E-state index in [0.717, 1.165) is 38.2 Å². The Morgan fingerprint density at radius 3 is 2.86 bits per heavy atom. The Kier molecular flexibility index (Phi) is 6.11. The van der Waals surface area contributed by atoms with Gasteiger partial charge in [-0.3, -0.25) is 0 Å². The molecule has 1 aromatic rings. The molecule has 0 amide bonds. The first-order chi connectivity index (χ1) is 6.93. The van der Waals surface area contributed by atoms with E-state index < -0.39 is 0 Å². The Labute approximate surface area is 85.7 Å². The third kappa shape index (κ3) is 5.04. The fourth-order valence-corrected chi connectivity index (χ4v) is 1.36. The van der Waals surface area contributed by atoms with Gasteiger partial charge in [-0.15, -0.1) is 0 Å². The second-order valence-electron chi connectivity index (χ2n) is 3.43. The molecular weight excluding hydrogens is 176 g/mol. The highest BCUT2D eigenvalue weighted by molar-refractivity contribution is 4.98. The maximum atomic E-state index is 5.40.